The molecule has 0 saturated carbocycles. The quantitative estimate of drug-likeness (QED) is 0.871. The number of piperidine rings is 1. The molecule has 0 radical (unpaired) electrons. The SMILES string of the molecule is CC(C)Cc1ccc(C(O)C2CC(C)CCN2)cc1. The molecule has 0 bridgehead atoms. The van der Waals surface area contributed by atoms with E-state index in [2.05, 4.69) is 50.4 Å². The van der Waals surface area contributed by atoms with Crippen LogP contribution in [-0.2, 0) is 6.42 Å². The van der Waals surface area contributed by atoms with Crippen molar-refractivity contribution in [3.05, 3.63) is 35.4 Å². The summed E-state index contributed by atoms with van der Waals surface area (Å²) < 4.78 is 0. The molecule has 3 unspecified atom stereocenters. The molecule has 1 aromatic rings. The van der Waals surface area contributed by atoms with Crippen LogP contribution in [-0.4, -0.2) is 17.7 Å². The molecule has 1 aliphatic rings. The Morgan fingerprint density at radius 2 is 1.95 bits per heavy atom. The first kappa shape index (κ1) is 14.5. The van der Waals surface area contributed by atoms with E-state index < -0.39 is 0 Å². The van der Waals surface area contributed by atoms with Crippen molar-refractivity contribution in [2.45, 2.75) is 52.2 Å². The van der Waals surface area contributed by atoms with E-state index >= 15 is 0 Å². The zero-order valence-corrected chi connectivity index (χ0v) is 12.4. The van der Waals surface area contributed by atoms with Gasteiger partial charge in [0.2, 0.25) is 0 Å². The fourth-order valence-electron chi connectivity index (χ4n) is 2.94. The van der Waals surface area contributed by atoms with Crippen LogP contribution in [0.15, 0.2) is 24.3 Å². The summed E-state index contributed by atoms with van der Waals surface area (Å²) in [6.45, 7) is 7.76. The molecule has 2 heteroatoms. The minimum absolute atomic E-state index is 0.208. The summed E-state index contributed by atoms with van der Waals surface area (Å²) in [5, 5.41) is 13.9. The van der Waals surface area contributed by atoms with Crippen molar-refractivity contribution < 1.29 is 5.11 Å². The summed E-state index contributed by atoms with van der Waals surface area (Å²) in [6.07, 6.45) is 3.01. The van der Waals surface area contributed by atoms with Gasteiger partial charge < -0.3 is 10.4 Å². The number of nitrogens with one attached hydrogen (secondary N) is 1. The molecule has 1 saturated heterocycles. The summed E-state index contributed by atoms with van der Waals surface area (Å²) in [5.41, 5.74) is 2.40. The van der Waals surface area contributed by atoms with Gasteiger partial charge in [-0.05, 0) is 48.8 Å². The van der Waals surface area contributed by atoms with Gasteiger partial charge >= 0.3 is 0 Å². The highest BCUT2D eigenvalue weighted by molar-refractivity contribution is 5.25. The number of hydrogen-bond acceptors (Lipinski definition) is 2. The molecule has 1 fully saturated rings. The van der Waals surface area contributed by atoms with E-state index in [9.17, 15) is 5.11 Å². The Morgan fingerprint density at radius 1 is 1.26 bits per heavy atom. The molecule has 1 aliphatic heterocycles. The van der Waals surface area contributed by atoms with Gasteiger partial charge in [-0.1, -0.05) is 45.0 Å². The number of benzene rings is 1. The number of rotatable bonds is 4. The molecule has 1 heterocycles. The third kappa shape index (κ3) is 4.05. The van der Waals surface area contributed by atoms with E-state index in [1.165, 1.54) is 12.0 Å². The van der Waals surface area contributed by atoms with Gasteiger partial charge in [-0.3, -0.25) is 0 Å². The zero-order chi connectivity index (χ0) is 13.8. The normalized spacial score (nSPS) is 25.5. The second-order valence-corrected chi connectivity index (χ2v) is 6.47. The molecule has 2 N–H and O–H groups in total. The van der Waals surface area contributed by atoms with Crippen molar-refractivity contribution in [2.24, 2.45) is 11.8 Å². The fourth-order valence-corrected chi connectivity index (χ4v) is 2.94. The van der Waals surface area contributed by atoms with Crippen LogP contribution in [0.25, 0.3) is 0 Å². The maximum absolute atomic E-state index is 10.5. The van der Waals surface area contributed by atoms with E-state index in [0.717, 1.165) is 24.9 Å². The Labute approximate surface area is 117 Å². The van der Waals surface area contributed by atoms with E-state index in [-0.39, 0.29) is 12.1 Å². The number of aliphatic hydroxyl groups excluding tert-OH is 1. The van der Waals surface area contributed by atoms with Crippen molar-refractivity contribution in [3.8, 4) is 0 Å². The molecule has 0 aliphatic carbocycles. The zero-order valence-electron chi connectivity index (χ0n) is 12.4. The monoisotopic (exact) mass is 261 g/mol. The average molecular weight is 261 g/mol. The van der Waals surface area contributed by atoms with E-state index in [1.54, 1.807) is 0 Å². The van der Waals surface area contributed by atoms with Crippen LogP contribution in [0.3, 0.4) is 0 Å². The maximum Gasteiger partial charge on any atom is 0.0943 e. The van der Waals surface area contributed by atoms with Crippen molar-refractivity contribution in [1.29, 1.82) is 0 Å². The summed E-state index contributed by atoms with van der Waals surface area (Å²) in [6, 6.07) is 8.70. The van der Waals surface area contributed by atoms with E-state index in [4.69, 9.17) is 0 Å². The predicted octanol–water partition coefficient (Wildman–Crippen LogP) is 3.31. The molecule has 3 atom stereocenters. The van der Waals surface area contributed by atoms with Gasteiger partial charge in [-0.25, -0.2) is 0 Å². The molecule has 106 valence electrons. The second-order valence-electron chi connectivity index (χ2n) is 6.47. The first-order valence-corrected chi connectivity index (χ1v) is 7.56. The summed E-state index contributed by atoms with van der Waals surface area (Å²) in [5.74, 6) is 1.39. The Balaban J connectivity index is 2.00. The van der Waals surface area contributed by atoms with E-state index in [1.807, 2.05) is 0 Å². The third-order valence-corrected chi connectivity index (χ3v) is 4.05. The van der Waals surface area contributed by atoms with Crippen LogP contribution < -0.4 is 5.32 Å². The fraction of sp³-hybridized carbons (Fsp3) is 0.647. The van der Waals surface area contributed by atoms with Gasteiger partial charge in [0, 0.05) is 6.04 Å². The van der Waals surface area contributed by atoms with Crippen LogP contribution in [0.5, 0.6) is 0 Å². The Hall–Kier alpha value is -0.860. The standard InChI is InChI=1S/C17H27NO/c1-12(2)10-14-4-6-15(7-5-14)17(19)16-11-13(3)8-9-18-16/h4-7,12-13,16-19H,8-11H2,1-3H3. The molecule has 0 aromatic heterocycles. The molecule has 19 heavy (non-hydrogen) atoms. The lowest BCUT2D eigenvalue weighted by molar-refractivity contribution is 0.101. The number of hydrogen-bond donors (Lipinski definition) is 2. The molecule has 2 rings (SSSR count). The Bertz CT molecular complexity index is 385. The van der Waals surface area contributed by atoms with Gasteiger partial charge in [-0.2, -0.15) is 0 Å². The minimum Gasteiger partial charge on any atom is -0.387 e. The maximum atomic E-state index is 10.5. The average Bonchev–Trinajstić information content (AvgIpc) is 2.38. The smallest absolute Gasteiger partial charge is 0.0943 e. The first-order chi connectivity index (χ1) is 9.06. The van der Waals surface area contributed by atoms with E-state index in [0.29, 0.717) is 11.8 Å². The molecule has 1 aromatic carbocycles. The molecule has 0 amide bonds. The lowest BCUT2D eigenvalue weighted by Crippen LogP contribution is -2.41. The Morgan fingerprint density at radius 3 is 2.53 bits per heavy atom. The summed E-state index contributed by atoms with van der Waals surface area (Å²) >= 11 is 0. The van der Waals surface area contributed by atoms with Crippen LogP contribution in [0.1, 0.15) is 50.8 Å². The lowest BCUT2D eigenvalue weighted by atomic mass is 9.88. The second kappa shape index (κ2) is 6.53. The van der Waals surface area contributed by atoms with Crippen molar-refractivity contribution in [2.75, 3.05) is 6.54 Å². The molecular weight excluding hydrogens is 234 g/mol. The van der Waals surface area contributed by atoms with Crippen molar-refractivity contribution in [3.63, 3.8) is 0 Å². The Kier molecular flexibility index (Phi) is 5.00. The van der Waals surface area contributed by atoms with Crippen LogP contribution in [0, 0.1) is 11.8 Å². The molecule has 0 spiro atoms. The van der Waals surface area contributed by atoms with Gasteiger partial charge in [0.1, 0.15) is 0 Å². The van der Waals surface area contributed by atoms with Gasteiger partial charge in [0.15, 0.2) is 0 Å². The minimum atomic E-state index is -0.379. The van der Waals surface area contributed by atoms with Crippen LogP contribution >= 0.6 is 0 Å². The van der Waals surface area contributed by atoms with Gasteiger partial charge in [0.25, 0.3) is 0 Å². The highest BCUT2D eigenvalue weighted by atomic mass is 16.3. The van der Waals surface area contributed by atoms with Gasteiger partial charge in [-0.15, -0.1) is 0 Å². The predicted molar refractivity (Wildman–Crippen MR) is 80.1 cm³/mol. The van der Waals surface area contributed by atoms with Crippen molar-refractivity contribution in [1.82, 2.24) is 5.32 Å². The molecular formula is C17H27NO. The molecule has 2 nitrogen and oxygen atoms in total. The topological polar surface area (TPSA) is 32.3 Å². The third-order valence-electron chi connectivity index (χ3n) is 4.05. The largest absolute Gasteiger partial charge is 0.387 e. The number of aliphatic hydroxyl groups is 1. The summed E-state index contributed by atoms with van der Waals surface area (Å²) in [4.78, 5) is 0. The first-order valence-electron chi connectivity index (χ1n) is 7.56. The van der Waals surface area contributed by atoms with Crippen molar-refractivity contribution >= 4 is 0 Å². The van der Waals surface area contributed by atoms with Gasteiger partial charge in [0.05, 0.1) is 6.10 Å². The van der Waals surface area contributed by atoms with Crippen LogP contribution in [0.2, 0.25) is 0 Å². The highest BCUT2D eigenvalue weighted by Gasteiger charge is 2.25. The lowest BCUT2D eigenvalue weighted by Gasteiger charge is -2.32. The van der Waals surface area contributed by atoms with Crippen LogP contribution in [0.4, 0.5) is 0 Å². The summed E-state index contributed by atoms with van der Waals surface area (Å²) in [7, 11) is 0. The highest BCUT2D eigenvalue weighted by Crippen LogP contribution is 2.26.